The summed E-state index contributed by atoms with van der Waals surface area (Å²) >= 11 is 0. The van der Waals surface area contributed by atoms with Crippen LogP contribution in [-0.2, 0) is 0 Å². The normalized spacial score (nSPS) is 31.4. The molecule has 3 rings (SSSR count). The number of anilines is 1. The highest BCUT2D eigenvalue weighted by atomic mass is 19.1. The van der Waals surface area contributed by atoms with Crippen molar-refractivity contribution in [2.24, 2.45) is 0 Å². The molecule has 1 N–H and O–H groups in total. The maximum absolute atomic E-state index is 13.3. The molecule has 1 saturated carbocycles. The molecule has 0 spiro atoms. The van der Waals surface area contributed by atoms with Crippen molar-refractivity contribution in [3.8, 4) is 0 Å². The van der Waals surface area contributed by atoms with E-state index in [0.717, 1.165) is 38.9 Å². The molecule has 0 amide bonds. The molecule has 5 heteroatoms. The number of halogens is 1. The Balaban J connectivity index is 1.66. The van der Waals surface area contributed by atoms with E-state index in [-0.39, 0.29) is 12.1 Å². The predicted octanol–water partition coefficient (Wildman–Crippen LogP) is 2.03. The van der Waals surface area contributed by atoms with Crippen molar-refractivity contribution in [2.75, 3.05) is 24.5 Å². The van der Waals surface area contributed by atoms with E-state index in [4.69, 9.17) is 0 Å². The number of piperazine rings is 1. The molecule has 2 aliphatic rings. The third kappa shape index (κ3) is 3.19. The SMILES string of the molecule is CC1CN(C2CCCCC2O)CCN1c1cccc(F)n1. The summed E-state index contributed by atoms with van der Waals surface area (Å²) in [5.74, 6) is 0.288. The lowest BCUT2D eigenvalue weighted by atomic mass is 9.90. The summed E-state index contributed by atoms with van der Waals surface area (Å²) in [5.41, 5.74) is 0. The highest BCUT2D eigenvalue weighted by molar-refractivity contribution is 5.40. The molecule has 2 fully saturated rings. The summed E-state index contributed by atoms with van der Waals surface area (Å²) in [5, 5.41) is 10.2. The Labute approximate surface area is 125 Å². The number of hydrogen-bond donors (Lipinski definition) is 1. The molecule has 1 aliphatic carbocycles. The third-order valence-corrected chi connectivity index (χ3v) is 4.82. The Morgan fingerprint density at radius 1 is 1.24 bits per heavy atom. The first-order valence-electron chi connectivity index (χ1n) is 7.96. The molecule has 4 nitrogen and oxygen atoms in total. The molecule has 116 valence electrons. The quantitative estimate of drug-likeness (QED) is 0.847. The zero-order valence-corrected chi connectivity index (χ0v) is 12.6. The highest BCUT2D eigenvalue weighted by Gasteiger charge is 2.33. The number of pyridine rings is 1. The van der Waals surface area contributed by atoms with E-state index in [1.165, 1.54) is 12.5 Å². The first-order chi connectivity index (χ1) is 10.1. The predicted molar refractivity (Wildman–Crippen MR) is 80.8 cm³/mol. The molecule has 2 heterocycles. The highest BCUT2D eigenvalue weighted by Crippen LogP contribution is 2.26. The smallest absolute Gasteiger partial charge is 0.214 e. The molecule has 3 atom stereocenters. The number of aliphatic hydroxyl groups excluding tert-OH is 1. The van der Waals surface area contributed by atoms with Gasteiger partial charge in [-0.1, -0.05) is 18.9 Å². The van der Waals surface area contributed by atoms with Crippen LogP contribution in [0.4, 0.5) is 10.2 Å². The Hall–Kier alpha value is -1.20. The van der Waals surface area contributed by atoms with Crippen LogP contribution in [0.1, 0.15) is 32.6 Å². The van der Waals surface area contributed by atoms with Gasteiger partial charge in [0.2, 0.25) is 5.95 Å². The Morgan fingerprint density at radius 3 is 2.76 bits per heavy atom. The fourth-order valence-electron chi connectivity index (χ4n) is 3.70. The second kappa shape index (κ2) is 6.28. The van der Waals surface area contributed by atoms with Crippen LogP contribution in [0.2, 0.25) is 0 Å². The minimum Gasteiger partial charge on any atom is -0.391 e. The van der Waals surface area contributed by atoms with Gasteiger partial charge in [-0.25, -0.2) is 4.98 Å². The van der Waals surface area contributed by atoms with Gasteiger partial charge in [-0.3, -0.25) is 4.90 Å². The summed E-state index contributed by atoms with van der Waals surface area (Å²) in [6, 6.07) is 5.53. The summed E-state index contributed by atoms with van der Waals surface area (Å²) in [6.07, 6.45) is 4.17. The monoisotopic (exact) mass is 293 g/mol. The van der Waals surface area contributed by atoms with Gasteiger partial charge in [-0.2, -0.15) is 4.39 Å². The van der Waals surface area contributed by atoms with E-state index in [2.05, 4.69) is 21.7 Å². The van der Waals surface area contributed by atoms with Crippen molar-refractivity contribution in [1.29, 1.82) is 0 Å². The number of aliphatic hydroxyl groups is 1. The fraction of sp³-hybridized carbons (Fsp3) is 0.688. The minimum absolute atomic E-state index is 0.190. The topological polar surface area (TPSA) is 39.6 Å². The lowest BCUT2D eigenvalue weighted by Gasteiger charge is -2.46. The Bertz CT molecular complexity index is 484. The summed E-state index contributed by atoms with van der Waals surface area (Å²) in [7, 11) is 0. The van der Waals surface area contributed by atoms with Crippen LogP contribution in [0.15, 0.2) is 18.2 Å². The van der Waals surface area contributed by atoms with Crippen molar-refractivity contribution >= 4 is 5.82 Å². The molecule has 0 bridgehead atoms. The van der Waals surface area contributed by atoms with Gasteiger partial charge >= 0.3 is 0 Å². The van der Waals surface area contributed by atoms with Crippen LogP contribution < -0.4 is 4.90 Å². The summed E-state index contributed by atoms with van der Waals surface area (Å²) in [6.45, 7) is 4.79. The molecular formula is C16H24FN3O. The van der Waals surface area contributed by atoms with E-state index in [1.54, 1.807) is 6.07 Å². The van der Waals surface area contributed by atoms with E-state index in [1.807, 2.05) is 6.07 Å². The maximum atomic E-state index is 13.3. The van der Waals surface area contributed by atoms with Crippen LogP contribution in [0.5, 0.6) is 0 Å². The van der Waals surface area contributed by atoms with Crippen molar-refractivity contribution < 1.29 is 9.50 Å². The zero-order chi connectivity index (χ0) is 14.8. The fourth-order valence-corrected chi connectivity index (χ4v) is 3.70. The van der Waals surface area contributed by atoms with Gasteiger partial charge in [-0.05, 0) is 31.9 Å². The molecular weight excluding hydrogens is 269 g/mol. The Kier molecular flexibility index (Phi) is 4.40. The van der Waals surface area contributed by atoms with Gasteiger partial charge in [-0.15, -0.1) is 0 Å². The van der Waals surface area contributed by atoms with Crippen molar-refractivity contribution in [3.63, 3.8) is 0 Å². The van der Waals surface area contributed by atoms with Crippen molar-refractivity contribution in [2.45, 2.75) is 50.8 Å². The molecule has 1 aromatic rings. The largest absolute Gasteiger partial charge is 0.391 e. The second-order valence-electron chi connectivity index (χ2n) is 6.28. The average Bonchev–Trinajstić information content (AvgIpc) is 2.47. The minimum atomic E-state index is -0.426. The van der Waals surface area contributed by atoms with Gasteiger partial charge in [0.05, 0.1) is 6.10 Å². The number of rotatable bonds is 2. The first-order valence-corrected chi connectivity index (χ1v) is 7.96. The molecule has 0 aromatic carbocycles. The molecule has 3 unspecified atom stereocenters. The Morgan fingerprint density at radius 2 is 2.05 bits per heavy atom. The lowest BCUT2D eigenvalue weighted by Crippen LogP contribution is -2.58. The molecule has 0 radical (unpaired) electrons. The van der Waals surface area contributed by atoms with Crippen LogP contribution in [0.25, 0.3) is 0 Å². The van der Waals surface area contributed by atoms with Crippen molar-refractivity contribution in [1.82, 2.24) is 9.88 Å². The maximum Gasteiger partial charge on any atom is 0.214 e. The average molecular weight is 293 g/mol. The van der Waals surface area contributed by atoms with E-state index >= 15 is 0 Å². The van der Waals surface area contributed by atoms with Gasteiger partial charge < -0.3 is 10.0 Å². The van der Waals surface area contributed by atoms with Crippen LogP contribution in [-0.4, -0.2) is 52.8 Å². The third-order valence-electron chi connectivity index (χ3n) is 4.82. The van der Waals surface area contributed by atoms with Gasteiger partial charge in [0.1, 0.15) is 5.82 Å². The lowest BCUT2D eigenvalue weighted by molar-refractivity contribution is 0.0121. The van der Waals surface area contributed by atoms with E-state index in [9.17, 15) is 9.50 Å². The van der Waals surface area contributed by atoms with Crippen LogP contribution >= 0.6 is 0 Å². The number of nitrogens with zero attached hydrogens (tertiary/aromatic N) is 3. The van der Waals surface area contributed by atoms with Crippen LogP contribution in [0.3, 0.4) is 0 Å². The first kappa shape index (κ1) is 14.7. The molecule has 1 saturated heterocycles. The standard InChI is InChI=1S/C16H24FN3O/c1-12-11-19(13-5-2-3-6-14(13)21)9-10-20(12)16-8-4-7-15(17)18-16/h4,7-8,12-14,21H,2-3,5-6,9-11H2,1H3. The van der Waals surface area contributed by atoms with E-state index in [0.29, 0.717) is 11.9 Å². The van der Waals surface area contributed by atoms with Gasteiger partial charge in [0.25, 0.3) is 0 Å². The zero-order valence-electron chi connectivity index (χ0n) is 12.6. The van der Waals surface area contributed by atoms with E-state index < -0.39 is 5.95 Å². The second-order valence-corrected chi connectivity index (χ2v) is 6.28. The number of aromatic nitrogens is 1. The van der Waals surface area contributed by atoms with Gasteiger partial charge in [0, 0.05) is 31.7 Å². The number of hydrogen-bond acceptors (Lipinski definition) is 4. The summed E-state index contributed by atoms with van der Waals surface area (Å²) in [4.78, 5) is 8.56. The molecule has 1 aliphatic heterocycles. The van der Waals surface area contributed by atoms with Crippen molar-refractivity contribution in [3.05, 3.63) is 24.1 Å². The molecule has 1 aromatic heterocycles. The molecule has 21 heavy (non-hydrogen) atoms. The van der Waals surface area contributed by atoms with Gasteiger partial charge in [0.15, 0.2) is 0 Å². The summed E-state index contributed by atoms with van der Waals surface area (Å²) < 4.78 is 13.3. The van der Waals surface area contributed by atoms with Crippen LogP contribution in [0, 0.1) is 5.95 Å².